The fraction of sp³-hybridized carbons (Fsp3) is 0.422. The van der Waals surface area contributed by atoms with Crippen LogP contribution in [0.4, 0.5) is 17.1 Å². The predicted octanol–water partition coefficient (Wildman–Crippen LogP) is 7.22. The van der Waals surface area contributed by atoms with E-state index in [1.165, 1.54) is 16.3 Å². The maximum absolute atomic E-state index is 15.5. The molecule has 0 unspecified atom stereocenters. The van der Waals surface area contributed by atoms with Crippen molar-refractivity contribution in [2.75, 3.05) is 36.7 Å². The Morgan fingerprint density at radius 1 is 1.04 bits per heavy atom. The first-order chi connectivity index (χ1) is 27.4. The number of aliphatic hydroxyl groups is 1. The lowest BCUT2D eigenvalue weighted by atomic mass is 9.82. The third-order valence-electron chi connectivity index (χ3n) is 12.1. The lowest BCUT2D eigenvalue weighted by Gasteiger charge is -2.37. The van der Waals surface area contributed by atoms with Gasteiger partial charge in [-0.05, 0) is 88.0 Å². The number of methoxy groups -OCH3 is 1. The van der Waals surface area contributed by atoms with Crippen LogP contribution in [0.3, 0.4) is 0 Å². The van der Waals surface area contributed by atoms with Crippen molar-refractivity contribution in [3.8, 4) is 11.5 Å². The van der Waals surface area contributed by atoms with Gasteiger partial charge in [-0.3, -0.25) is 19.2 Å². The molecule has 3 aliphatic rings. The van der Waals surface area contributed by atoms with Gasteiger partial charge in [-0.2, -0.15) is 0 Å². The minimum Gasteiger partial charge on any atom is -0.497 e. The monoisotopic (exact) mass is 789 g/mol. The number of hydrogen-bond donors (Lipinski definition) is 1. The van der Waals surface area contributed by atoms with Gasteiger partial charge in [0.05, 0.1) is 38.4 Å². The van der Waals surface area contributed by atoms with Gasteiger partial charge in [-0.25, -0.2) is 0 Å². The zero-order chi connectivity index (χ0) is 40.5. The number of aromatic nitrogens is 3. The van der Waals surface area contributed by atoms with Crippen LogP contribution in [-0.4, -0.2) is 73.0 Å². The molecular formula is C45H55N5O6Si. The van der Waals surface area contributed by atoms with E-state index in [0.29, 0.717) is 43.1 Å². The number of aliphatic hydroxyl groups excluding tert-OH is 1. The molecule has 2 amide bonds. The highest BCUT2D eigenvalue weighted by atomic mass is 28.3. The highest BCUT2D eigenvalue weighted by molar-refractivity contribution is 6.91. The summed E-state index contributed by atoms with van der Waals surface area (Å²) in [5.74, 6) is 0.933. The Morgan fingerprint density at radius 3 is 2.54 bits per heavy atom. The standard InChI is InChI=1S/C45H55N5O6Si/c1-30(2)11-10-12-31(3)21-25-49-38-20-15-34(50-39-13-8-9-14-40(39)55-29-42(50)52)27-37(38)45(44(49)53)32(4)43(57(6,7)36-18-16-35(54-5)17-19-36)41(56-45)22-24-48-28-33(23-26-51)46-47-48/h8-9,11,13-21,27-28,32,41,43,51H,10,12,22-26,29H2,1-7H3/b31-21+/t32-,41+,43-,45+/m1/s1. The van der Waals surface area contributed by atoms with Gasteiger partial charge < -0.3 is 24.2 Å². The maximum atomic E-state index is 15.5. The van der Waals surface area contributed by atoms with Crippen LogP contribution >= 0.6 is 0 Å². The Bertz CT molecular complexity index is 2180. The van der Waals surface area contributed by atoms with Gasteiger partial charge in [0.2, 0.25) is 0 Å². The molecule has 3 aromatic carbocycles. The summed E-state index contributed by atoms with van der Waals surface area (Å²) in [6.07, 6.45) is 8.86. The van der Waals surface area contributed by atoms with Crippen LogP contribution in [0.15, 0.2) is 96.2 Å². The largest absolute Gasteiger partial charge is 0.497 e. The molecule has 3 aliphatic heterocycles. The second-order valence-electron chi connectivity index (χ2n) is 16.4. The molecule has 4 aromatic rings. The van der Waals surface area contributed by atoms with Crippen LogP contribution in [0.5, 0.6) is 11.5 Å². The molecule has 0 radical (unpaired) electrons. The maximum Gasteiger partial charge on any atom is 0.269 e. The van der Waals surface area contributed by atoms with Gasteiger partial charge in [0.1, 0.15) is 11.5 Å². The van der Waals surface area contributed by atoms with Gasteiger partial charge in [0.15, 0.2) is 12.2 Å². The van der Waals surface area contributed by atoms with Gasteiger partial charge in [0, 0.05) is 49.5 Å². The summed E-state index contributed by atoms with van der Waals surface area (Å²) in [5, 5.41) is 19.4. The van der Waals surface area contributed by atoms with Crippen molar-refractivity contribution in [2.45, 2.75) is 90.3 Å². The molecule has 1 fully saturated rings. The summed E-state index contributed by atoms with van der Waals surface area (Å²) in [4.78, 5) is 32.7. The number of allylic oxidation sites excluding steroid dienone is 3. The van der Waals surface area contributed by atoms with Crippen molar-refractivity contribution >= 4 is 42.1 Å². The molecule has 12 heteroatoms. The van der Waals surface area contributed by atoms with Crippen molar-refractivity contribution in [1.82, 2.24) is 15.0 Å². The summed E-state index contributed by atoms with van der Waals surface area (Å²) >= 11 is 0. The SMILES string of the molecule is COc1ccc([Si](C)(C)[C@H]2[C@H](CCn3cc(CCO)nn3)O[C@@]3(C(=O)N(C/C=C(\C)CCC=C(C)C)c4ccc(N5C(=O)COc6ccccc65)cc43)[C@@H]2C)cc1. The summed E-state index contributed by atoms with van der Waals surface area (Å²) in [6, 6.07) is 21.8. The van der Waals surface area contributed by atoms with E-state index in [0.717, 1.165) is 35.5 Å². The van der Waals surface area contributed by atoms with Gasteiger partial charge in [0.25, 0.3) is 11.8 Å². The number of aryl methyl sites for hydroxylation is 1. The van der Waals surface area contributed by atoms with E-state index in [9.17, 15) is 9.90 Å². The first-order valence-electron chi connectivity index (χ1n) is 20.0. The van der Waals surface area contributed by atoms with Crippen molar-refractivity contribution in [1.29, 1.82) is 0 Å². The topological polar surface area (TPSA) is 119 Å². The number of para-hydroxylation sites is 2. The molecule has 4 atom stereocenters. The zero-order valence-corrected chi connectivity index (χ0v) is 35.2. The Morgan fingerprint density at radius 2 is 1.81 bits per heavy atom. The second kappa shape index (κ2) is 16.4. The fourth-order valence-electron chi connectivity index (χ4n) is 9.15. The first kappa shape index (κ1) is 40.2. The van der Waals surface area contributed by atoms with Crippen LogP contribution in [-0.2, 0) is 32.9 Å². The summed E-state index contributed by atoms with van der Waals surface area (Å²) in [6.45, 7) is 14.1. The first-order valence-corrected chi connectivity index (χ1v) is 23.1. The average Bonchev–Trinajstić information content (AvgIpc) is 3.85. The van der Waals surface area contributed by atoms with E-state index >= 15 is 4.79 Å². The number of amides is 2. The van der Waals surface area contributed by atoms with Crippen molar-refractivity contribution < 1.29 is 28.9 Å². The van der Waals surface area contributed by atoms with Crippen molar-refractivity contribution in [3.05, 3.63) is 107 Å². The van der Waals surface area contributed by atoms with E-state index in [1.54, 1.807) is 12.0 Å². The van der Waals surface area contributed by atoms with Crippen molar-refractivity contribution in [2.24, 2.45) is 5.92 Å². The Balaban J connectivity index is 1.34. The highest BCUT2D eigenvalue weighted by Gasteiger charge is 2.66. The average molecular weight is 790 g/mol. The van der Waals surface area contributed by atoms with Gasteiger partial charge in [-0.15, -0.1) is 5.10 Å². The van der Waals surface area contributed by atoms with Gasteiger partial charge >= 0.3 is 0 Å². The lowest BCUT2D eigenvalue weighted by molar-refractivity contribution is -0.145. The van der Waals surface area contributed by atoms with E-state index in [-0.39, 0.29) is 42.6 Å². The van der Waals surface area contributed by atoms with E-state index < -0.39 is 13.7 Å². The molecule has 7 rings (SSSR count). The number of hydrogen-bond acceptors (Lipinski definition) is 8. The third kappa shape index (κ3) is 7.58. The van der Waals surface area contributed by atoms with Crippen LogP contribution in [0.1, 0.15) is 58.2 Å². The molecular weight excluding hydrogens is 735 g/mol. The Hall–Kier alpha value is -5.04. The second-order valence-corrected chi connectivity index (χ2v) is 21.1. The summed E-state index contributed by atoms with van der Waals surface area (Å²) in [5.41, 5.74) is 4.85. The third-order valence-corrected chi connectivity index (χ3v) is 16.5. The fourth-order valence-corrected chi connectivity index (χ4v) is 13.2. The van der Waals surface area contributed by atoms with E-state index in [1.807, 2.05) is 70.4 Å². The molecule has 1 N–H and O–H groups in total. The minimum absolute atomic E-state index is 0.00000450. The highest BCUT2D eigenvalue weighted by Crippen LogP contribution is 2.60. The minimum atomic E-state index is -2.41. The van der Waals surface area contributed by atoms with E-state index in [2.05, 4.69) is 75.4 Å². The van der Waals surface area contributed by atoms with Gasteiger partial charge in [-0.1, -0.05) is 78.0 Å². The summed E-state index contributed by atoms with van der Waals surface area (Å²) < 4.78 is 20.6. The van der Waals surface area contributed by atoms with E-state index in [4.69, 9.17) is 14.2 Å². The predicted molar refractivity (Wildman–Crippen MR) is 225 cm³/mol. The summed E-state index contributed by atoms with van der Waals surface area (Å²) in [7, 11) is -0.740. The molecule has 0 aliphatic carbocycles. The number of benzene rings is 3. The zero-order valence-electron chi connectivity index (χ0n) is 34.2. The molecule has 11 nitrogen and oxygen atoms in total. The number of anilines is 3. The molecule has 0 bridgehead atoms. The lowest BCUT2D eigenvalue weighted by Crippen LogP contribution is -2.52. The molecule has 57 heavy (non-hydrogen) atoms. The molecule has 1 saturated heterocycles. The Labute approximate surface area is 336 Å². The number of rotatable bonds is 14. The number of carbonyl (C=O) groups excluding carboxylic acids is 2. The molecule has 4 heterocycles. The normalized spacial score (nSPS) is 21.8. The van der Waals surface area contributed by atoms with Crippen LogP contribution in [0.2, 0.25) is 18.6 Å². The number of nitrogens with zero attached hydrogens (tertiary/aromatic N) is 5. The Kier molecular flexibility index (Phi) is 11.6. The number of fused-ring (bicyclic) bond motifs is 3. The van der Waals surface area contributed by atoms with Crippen molar-refractivity contribution in [3.63, 3.8) is 0 Å². The number of carbonyl (C=O) groups is 2. The quantitative estimate of drug-likeness (QED) is 0.105. The molecule has 1 spiro atoms. The molecule has 1 aromatic heterocycles. The number of ether oxygens (including phenoxy) is 3. The van der Waals surface area contributed by atoms with Crippen LogP contribution in [0.25, 0.3) is 0 Å². The van der Waals surface area contributed by atoms with Crippen LogP contribution in [0, 0.1) is 5.92 Å². The molecule has 300 valence electrons. The van der Waals surface area contributed by atoms with Crippen LogP contribution < -0.4 is 24.5 Å². The molecule has 0 saturated carbocycles. The smallest absolute Gasteiger partial charge is 0.269 e.